The highest BCUT2D eigenvalue weighted by Gasteiger charge is 2.19. The number of amides is 1. The number of aryl methyl sites for hydroxylation is 2. The number of rotatable bonds is 9. The van der Waals surface area contributed by atoms with E-state index in [4.69, 9.17) is 21.3 Å². The lowest BCUT2D eigenvalue weighted by Gasteiger charge is -2.16. The minimum absolute atomic E-state index is 0.166. The van der Waals surface area contributed by atoms with E-state index in [-0.39, 0.29) is 11.9 Å². The predicted octanol–water partition coefficient (Wildman–Crippen LogP) is 5.74. The van der Waals surface area contributed by atoms with Crippen molar-refractivity contribution >= 4 is 28.5 Å². The number of unbranched alkanes of at least 4 members (excludes halogenated alkanes) is 1. The number of aromatic nitrogens is 3. The summed E-state index contributed by atoms with van der Waals surface area (Å²) in [6.07, 6.45) is 5.03. The zero-order chi connectivity index (χ0) is 23.2. The summed E-state index contributed by atoms with van der Waals surface area (Å²) in [5, 5.41) is 3.79. The Balaban J connectivity index is 1.41. The Morgan fingerprint density at radius 3 is 2.79 bits per heavy atom. The molecule has 2 heterocycles. The zero-order valence-corrected chi connectivity index (χ0v) is 19.5. The van der Waals surface area contributed by atoms with E-state index in [0.29, 0.717) is 12.2 Å². The molecule has 0 saturated heterocycles. The standard InChI is InChI=1S/C26H27ClN4O2/c1-18-16-21(11-12-22(18)27)33-15-6-5-14-31-24-10-4-3-9-23(24)30-25(31)19(2)29-26(32)20-8-7-13-28-17-20/h3-4,7-13,16-17,19H,5-6,14-15H2,1-2H3,(H,29,32). The Bertz CT molecular complexity index is 1240. The van der Waals surface area contributed by atoms with Crippen LogP contribution in [0, 0.1) is 6.92 Å². The molecule has 4 aromatic rings. The molecular formula is C26H27ClN4O2. The first kappa shape index (κ1) is 22.8. The fraction of sp³-hybridized carbons (Fsp3) is 0.269. The largest absolute Gasteiger partial charge is 0.494 e. The number of pyridine rings is 1. The van der Waals surface area contributed by atoms with Crippen molar-refractivity contribution in [2.75, 3.05) is 6.61 Å². The second-order valence-corrected chi connectivity index (χ2v) is 8.42. The smallest absolute Gasteiger partial charge is 0.253 e. The Hall–Kier alpha value is -3.38. The first-order valence-corrected chi connectivity index (χ1v) is 11.5. The summed E-state index contributed by atoms with van der Waals surface area (Å²) >= 11 is 6.08. The fourth-order valence-corrected chi connectivity index (χ4v) is 3.89. The third-order valence-corrected chi connectivity index (χ3v) is 5.94. The lowest BCUT2D eigenvalue weighted by molar-refractivity contribution is 0.0937. The first-order valence-electron chi connectivity index (χ1n) is 11.1. The van der Waals surface area contributed by atoms with E-state index in [2.05, 4.69) is 20.9 Å². The van der Waals surface area contributed by atoms with Crippen LogP contribution in [-0.4, -0.2) is 27.0 Å². The molecule has 0 spiro atoms. The molecule has 0 radical (unpaired) electrons. The number of carbonyl (C=O) groups is 1. The molecule has 1 unspecified atom stereocenters. The molecule has 1 amide bonds. The highest BCUT2D eigenvalue weighted by molar-refractivity contribution is 6.31. The van der Waals surface area contributed by atoms with Crippen LogP contribution in [0.1, 0.15) is 47.6 Å². The minimum Gasteiger partial charge on any atom is -0.494 e. The van der Waals surface area contributed by atoms with Crippen LogP contribution in [0.2, 0.25) is 5.02 Å². The molecule has 0 aliphatic carbocycles. The first-order chi connectivity index (χ1) is 16.0. The summed E-state index contributed by atoms with van der Waals surface area (Å²) in [4.78, 5) is 21.5. The van der Waals surface area contributed by atoms with Gasteiger partial charge in [0, 0.05) is 24.0 Å². The number of nitrogens with zero attached hydrogens (tertiary/aromatic N) is 3. The second-order valence-electron chi connectivity index (χ2n) is 8.01. The van der Waals surface area contributed by atoms with Crippen molar-refractivity contribution in [2.45, 2.75) is 39.3 Å². The van der Waals surface area contributed by atoms with Gasteiger partial charge in [-0.3, -0.25) is 9.78 Å². The number of imidazole rings is 1. The molecule has 7 heteroatoms. The molecule has 0 fully saturated rings. The van der Waals surface area contributed by atoms with E-state index in [9.17, 15) is 4.79 Å². The van der Waals surface area contributed by atoms with Crippen LogP contribution in [0.25, 0.3) is 11.0 Å². The van der Waals surface area contributed by atoms with Crippen LogP contribution < -0.4 is 10.1 Å². The highest BCUT2D eigenvalue weighted by Crippen LogP contribution is 2.23. The summed E-state index contributed by atoms with van der Waals surface area (Å²) in [5.41, 5.74) is 3.51. The average Bonchev–Trinajstić information content (AvgIpc) is 3.20. The molecule has 0 aliphatic rings. The molecular weight excluding hydrogens is 436 g/mol. The van der Waals surface area contributed by atoms with Crippen LogP contribution in [-0.2, 0) is 6.54 Å². The van der Waals surface area contributed by atoms with Crippen LogP contribution in [0.3, 0.4) is 0 Å². The normalized spacial score (nSPS) is 12.0. The third kappa shape index (κ3) is 5.52. The topological polar surface area (TPSA) is 69.0 Å². The molecule has 1 atom stereocenters. The Labute approximate surface area is 198 Å². The van der Waals surface area contributed by atoms with Gasteiger partial charge < -0.3 is 14.6 Å². The molecule has 1 N–H and O–H groups in total. The third-order valence-electron chi connectivity index (χ3n) is 5.52. The molecule has 6 nitrogen and oxygen atoms in total. The molecule has 0 bridgehead atoms. The van der Waals surface area contributed by atoms with E-state index >= 15 is 0 Å². The van der Waals surface area contributed by atoms with Crippen LogP contribution in [0.5, 0.6) is 5.75 Å². The van der Waals surface area contributed by atoms with E-state index < -0.39 is 0 Å². The molecule has 2 aromatic carbocycles. The predicted molar refractivity (Wildman–Crippen MR) is 131 cm³/mol. The van der Waals surface area contributed by atoms with Crippen molar-refractivity contribution in [3.05, 3.63) is 89.0 Å². The summed E-state index contributed by atoms with van der Waals surface area (Å²) in [7, 11) is 0. The van der Waals surface area contributed by atoms with E-state index in [1.165, 1.54) is 0 Å². The molecule has 4 rings (SSSR count). The lowest BCUT2D eigenvalue weighted by atomic mass is 10.2. The van der Waals surface area contributed by atoms with Crippen molar-refractivity contribution in [1.29, 1.82) is 0 Å². The van der Waals surface area contributed by atoms with Gasteiger partial charge in [-0.25, -0.2) is 4.98 Å². The quantitative estimate of drug-likeness (QED) is 0.322. The number of halogens is 1. The van der Waals surface area contributed by atoms with Crippen molar-refractivity contribution in [3.63, 3.8) is 0 Å². The molecule has 33 heavy (non-hydrogen) atoms. The van der Waals surface area contributed by atoms with Crippen molar-refractivity contribution in [1.82, 2.24) is 19.9 Å². The number of hydrogen-bond donors (Lipinski definition) is 1. The van der Waals surface area contributed by atoms with E-state index in [0.717, 1.165) is 52.6 Å². The van der Waals surface area contributed by atoms with Gasteiger partial charge >= 0.3 is 0 Å². The summed E-state index contributed by atoms with van der Waals surface area (Å²) < 4.78 is 8.07. The van der Waals surface area contributed by atoms with Crippen molar-refractivity contribution in [2.24, 2.45) is 0 Å². The lowest BCUT2D eigenvalue weighted by Crippen LogP contribution is -2.28. The summed E-state index contributed by atoms with van der Waals surface area (Å²) in [5.74, 6) is 1.50. The maximum atomic E-state index is 12.6. The van der Waals surface area contributed by atoms with Gasteiger partial charge in [-0.2, -0.15) is 0 Å². The Morgan fingerprint density at radius 2 is 2.00 bits per heavy atom. The van der Waals surface area contributed by atoms with Gasteiger partial charge in [0.1, 0.15) is 11.6 Å². The fourth-order valence-electron chi connectivity index (χ4n) is 3.77. The zero-order valence-electron chi connectivity index (χ0n) is 18.8. The number of para-hydroxylation sites is 2. The minimum atomic E-state index is -0.251. The van der Waals surface area contributed by atoms with Gasteiger partial charge in [-0.15, -0.1) is 0 Å². The van der Waals surface area contributed by atoms with Gasteiger partial charge in [-0.1, -0.05) is 23.7 Å². The van der Waals surface area contributed by atoms with Gasteiger partial charge in [0.15, 0.2) is 0 Å². The van der Waals surface area contributed by atoms with E-state index in [1.54, 1.807) is 24.5 Å². The SMILES string of the molecule is Cc1cc(OCCCCn2c(C(C)NC(=O)c3cccnc3)nc3ccccc32)ccc1Cl. The average molecular weight is 463 g/mol. The number of carbonyl (C=O) groups excluding carboxylic acids is 1. The summed E-state index contributed by atoms with van der Waals surface area (Å²) in [6, 6.07) is 17.0. The maximum absolute atomic E-state index is 12.6. The maximum Gasteiger partial charge on any atom is 0.253 e. The number of ether oxygens (including phenoxy) is 1. The van der Waals surface area contributed by atoms with Crippen LogP contribution in [0.15, 0.2) is 67.0 Å². The van der Waals surface area contributed by atoms with Crippen molar-refractivity contribution < 1.29 is 9.53 Å². The van der Waals surface area contributed by atoms with Gasteiger partial charge in [0.05, 0.1) is 29.2 Å². The summed E-state index contributed by atoms with van der Waals surface area (Å²) in [6.45, 7) is 5.33. The molecule has 170 valence electrons. The number of hydrogen-bond acceptors (Lipinski definition) is 4. The van der Waals surface area contributed by atoms with Crippen LogP contribution >= 0.6 is 11.6 Å². The molecule has 0 aliphatic heterocycles. The van der Waals surface area contributed by atoms with E-state index in [1.807, 2.05) is 50.2 Å². The number of fused-ring (bicyclic) bond motifs is 1. The second kappa shape index (κ2) is 10.5. The van der Waals surface area contributed by atoms with Gasteiger partial charge in [0.25, 0.3) is 5.91 Å². The Morgan fingerprint density at radius 1 is 1.15 bits per heavy atom. The number of nitrogens with one attached hydrogen (secondary N) is 1. The molecule has 2 aromatic heterocycles. The number of benzene rings is 2. The highest BCUT2D eigenvalue weighted by atomic mass is 35.5. The van der Waals surface area contributed by atoms with Crippen LogP contribution in [0.4, 0.5) is 0 Å². The van der Waals surface area contributed by atoms with Gasteiger partial charge in [0.2, 0.25) is 0 Å². The Kier molecular flexibility index (Phi) is 7.25. The van der Waals surface area contributed by atoms with Crippen molar-refractivity contribution in [3.8, 4) is 5.75 Å². The molecule has 0 saturated carbocycles. The van der Waals surface area contributed by atoms with Gasteiger partial charge in [-0.05, 0) is 74.7 Å². The monoisotopic (exact) mass is 462 g/mol.